The van der Waals surface area contributed by atoms with Crippen molar-refractivity contribution in [1.82, 2.24) is 10.2 Å². The van der Waals surface area contributed by atoms with Crippen molar-refractivity contribution in [2.75, 3.05) is 31.5 Å². The van der Waals surface area contributed by atoms with Crippen molar-refractivity contribution >= 4 is 29.1 Å². The molecule has 0 aromatic heterocycles. The third-order valence-electron chi connectivity index (χ3n) is 6.81. The molecule has 184 valence electrons. The maximum Gasteiger partial charge on any atom is 0.227 e. The van der Waals surface area contributed by atoms with E-state index in [1.807, 2.05) is 51.1 Å². The fraction of sp³-hybridized carbons (Fsp3) is 0.500. The third-order valence-corrected chi connectivity index (χ3v) is 7.06. The fourth-order valence-electron chi connectivity index (χ4n) is 4.48. The zero-order chi connectivity index (χ0) is 24.7. The smallest absolute Gasteiger partial charge is 0.227 e. The predicted octanol–water partition coefficient (Wildman–Crippen LogP) is 5.73. The number of carbonyl (C=O) groups excluding carboxylic acids is 2. The Kier molecular flexibility index (Phi) is 9.54. The molecule has 0 aliphatic carbocycles. The number of hydrogen-bond acceptors (Lipinski definition) is 3. The maximum atomic E-state index is 12.5. The van der Waals surface area contributed by atoms with Crippen LogP contribution in [0.15, 0.2) is 42.5 Å². The van der Waals surface area contributed by atoms with Crippen LogP contribution in [0.5, 0.6) is 0 Å². The topological polar surface area (TPSA) is 61.4 Å². The van der Waals surface area contributed by atoms with E-state index in [2.05, 4.69) is 34.6 Å². The molecule has 2 amide bonds. The molecule has 3 rings (SSSR count). The SMILES string of the molecule is Cc1ccc(NC(=O)C(C)C)cc1C1CCN(CCCNC(=O)[C@@H](C)c2ccc(Cl)cc2)CC1. The van der Waals surface area contributed by atoms with Gasteiger partial charge in [-0.3, -0.25) is 9.59 Å². The first-order valence-corrected chi connectivity index (χ1v) is 12.8. The highest BCUT2D eigenvalue weighted by Gasteiger charge is 2.22. The molecule has 6 heteroatoms. The summed E-state index contributed by atoms with van der Waals surface area (Å²) in [5, 5.41) is 6.79. The number of carbonyl (C=O) groups is 2. The summed E-state index contributed by atoms with van der Waals surface area (Å²) in [4.78, 5) is 27.0. The van der Waals surface area contributed by atoms with Crippen LogP contribution >= 0.6 is 11.6 Å². The Morgan fingerprint density at radius 3 is 2.35 bits per heavy atom. The molecule has 0 radical (unpaired) electrons. The number of nitrogens with zero attached hydrogens (tertiary/aromatic N) is 1. The first kappa shape index (κ1) is 26.2. The molecule has 5 nitrogen and oxygen atoms in total. The largest absolute Gasteiger partial charge is 0.356 e. The second-order valence-corrected chi connectivity index (χ2v) is 10.2. The van der Waals surface area contributed by atoms with Gasteiger partial charge >= 0.3 is 0 Å². The predicted molar refractivity (Wildman–Crippen MR) is 141 cm³/mol. The number of nitrogens with one attached hydrogen (secondary N) is 2. The van der Waals surface area contributed by atoms with Crippen LogP contribution in [0, 0.1) is 12.8 Å². The van der Waals surface area contributed by atoms with Crippen molar-refractivity contribution in [3.63, 3.8) is 0 Å². The molecule has 1 aliphatic heterocycles. The zero-order valence-corrected chi connectivity index (χ0v) is 21.6. The summed E-state index contributed by atoms with van der Waals surface area (Å²) < 4.78 is 0. The zero-order valence-electron chi connectivity index (χ0n) is 20.9. The Balaban J connectivity index is 1.41. The minimum Gasteiger partial charge on any atom is -0.356 e. The van der Waals surface area contributed by atoms with Crippen LogP contribution in [-0.2, 0) is 9.59 Å². The highest BCUT2D eigenvalue weighted by atomic mass is 35.5. The minimum atomic E-state index is -0.183. The quantitative estimate of drug-likeness (QED) is 0.447. The summed E-state index contributed by atoms with van der Waals surface area (Å²) in [5.41, 5.74) is 4.51. The van der Waals surface area contributed by atoms with Crippen LogP contribution in [-0.4, -0.2) is 42.9 Å². The number of rotatable bonds is 9. The van der Waals surface area contributed by atoms with E-state index in [-0.39, 0.29) is 23.7 Å². The van der Waals surface area contributed by atoms with Crippen molar-refractivity contribution in [1.29, 1.82) is 0 Å². The Morgan fingerprint density at radius 1 is 1.03 bits per heavy atom. The number of halogens is 1. The van der Waals surface area contributed by atoms with Crippen LogP contribution in [0.1, 0.15) is 68.6 Å². The normalized spacial score (nSPS) is 15.8. The summed E-state index contributed by atoms with van der Waals surface area (Å²) in [6.07, 6.45) is 3.17. The monoisotopic (exact) mass is 483 g/mol. The summed E-state index contributed by atoms with van der Waals surface area (Å²) in [7, 11) is 0. The second kappa shape index (κ2) is 12.4. The van der Waals surface area contributed by atoms with Gasteiger partial charge in [0.25, 0.3) is 0 Å². The lowest BCUT2D eigenvalue weighted by molar-refractivity contribution is -0.122. The van der Waals surface area contributed by atoms with Crippen LogP contribution in [0.4, 0.5) is 5.69 Å². The van der Waals surface area contributed by atoms with Crippen molar-refractivity contribution in [3.05, 3.63) is 64.2 Å². The van der Waals surface area contributed by atoms with Crippen LogP contribution in [0.3, 0.4) is 0 Å². The lowest BCUT2D eigenvalue weighted by Crippen LogP contribution is -2.36. The van der Waals surface area contributed by atoms with E-state index >= 15 is 0 Å². The number of piperidine rings is 1. The lowest BCUT2D eigenvalue weighted by Gasteiger charge is -2.33. The van der Waals surface area contributed by atoms with Gasteiger partial charge in [0, 0.05) is 23.2 Å². The molecular formula is C28H38ClN3O2. The molecule has 34 heavy (non-hydrogen) atoms. The lowest BCUT2D eigenvalue weighted by atomic mass is 9.86. The van der Waals surface area contributed by atoms with Gasteiger partial charge in [-0.15, -0.1) is 0 Å². The molecule has 0 unspecified atom stereocenters. The first-order chi connectivity index (χ1) is 16.2. The number of anilines is 1. The number of benzene rings is 2. The van der Waals surface area contributed by atoms with E-state index in [0.29, 0.717) is 17.5 Å². The van der Waals surface area contributed by atoms with Gasteiger partial charge in [-0.1, -0.05) is 43.6 Å². The Morgan fingerprint density at radius 2 is 1.71 bits per heavy atom. The molecule has 2 aromatic rings. The van der Waals surface area contributed by atoms with E-state index in [0.717, 1.165) is 50.1 Å². The van der Waals surface area contributed by atoms with E-state index in [1.165, 1.54) is 11.1 Å². The third kappa shape index (κ3) is 7.31. The second-order valence-electron chi connectivity index (χ2n) is 9.75. The summed E-state index contributed by atoms with van der Waals surface area (Å²) in [5.74, 6) is 0.419. The average Bonchev–Trinajstić information content (AvgIpc) is 2.83. The van der Waals surface area contributed by atoms with Crippen LogP contribution in [0.2, 0.25) is 5.02 Å². The molecule has 1 aliphatic rings. The van der Waals surface area contributed by atoms with Crippen LogP contribution < -0.4 is 10.6 Å². The van der Waals surface area contributed by atoms with Gasteiger partial charge in [0.05, 0.1) is 5.92 Å². The van der Waals surface area contributed by atoms with E-state index < -0.39 is 0 Å². The fourth-order valence-corrected chi connectivity index (χ4v) is 4.61. The van der Waals surface area contributed by atoms with Gasteiger partial charge in [0.1, 0.15) is 0 Å². The Labute approximate surface area is 209 Å². The van der Waals surface area contributed by atoms with Gasteiger partial charge < -0.3 is 15.5 Å². The van der Waals surface area contributed by atoms with Gasteiger partial charge in [0.2, 0.25) is 11.8 Å². The van der Waals surface area contributed by atoms with E-state index in [4.69, 9.17) is 11.6 Å². The molecule has 1 fully saturated rings. The highest BCUT2D eigenvalue weighted by molar-refractivity contribution is 6.30. The molecule has 0 bridgehead atoms. The van der Waals surface area contributed by atoms with Crippen molar-refractivity contribution in [2.24, 2.45) is 5.92 Å². The Bertz CT molecular complexity index is 966. The van der Waals surface area contributed by atoms with Gasteiger partial charge in [-0.05, 0) is 99.6 Å². The molecule has 0 saturated carbocycles. The summed E-state index contributed by atoms with van der Waals surface area (Å²) in [6.45, 7) is 11.7. The number of hydrogen-bond donors (Lipinski definition) is 2. The molecular weight excluding hydrogens is 446 g/mol. The molecule has 1 saturated heterocycles. The van der Waals surface area contributed by atoms with Gasteiger partial charge in [-0.25, -0.2) is 0 Å². The minimum absolute atomic E-state index is 0.0292. The summed E-state index contributed by atoms with van der Waals surface area (Å²) >= 11 is 5.94. The summed E-state index contributed by atoms with van der Waals surface area (Å²) in [6, 6.07) is 13.7. The first-order valence-electron chi connectivity index (χ1n) is 12.4. The molecule has 0 spiro atoms. The number of likely N-dealkylation sites (tertiary alicyclic amines) is 1. The molecule has 2 N–H and O–H groups in total. The van der Waals surface area contributed by atoms with Gasteiger partial charge in [0.15, 0.2) is 0 Å². The van der Waals surface area contributed by atoms with Crippen molar-refractivity contribution in [3.8, 4) is 0 Å². The molecule has 2 aromatic carbocycles. The maximum absolute atomic E-state index is 12.5. The van der Waals surface area contributed by atoms with Gasteiger partial charge in [-0.2, -0.15) is 0 Å². The van der Waals surface area contributed by atoms with Crippen molar-refractivity contribution in [2.45, 2.75) is 58.8 Å². The highest BCUT2D eigenvalue weighted by Crippen LogP contribution is 2.32. The number of aryl methyl sites for hydroxylation is 1. The molecule has 1 heterocycles. The van der Waals surface area contributed by atoms with E-state index in [9.17, 15) is 9.59 Å². The van der Waals surface area contributed by atoms with Crippen molar-refractivity contribution < 1.29 is 9.59 Å². The molecule has 1 atom stereocenters. The standard InChI is InChI=1S/C28H38ClN3O2/c1-19(2)27(33)31-25-11-6-20(3)26(18-25)23-12-16-32(17-13-23)15-5-14-30-28(34)21(4)22-7-9-24(29)10-8-22/h6-11,18-19,21,23H,5,12-17H2,1-4H3,(H,30,34)(H,31,33)/t21-/m0/s1. The number of amides is 2. The average molecular weight is 484 g/mol. The van der Waals surface area contributed by atoms with E-state index in [1.54, 1.807) is 0 Å². The Hall–Kier alpha value is -2.37. The van der Waals surface area contributed by atoms with Crippen LogP contribution in [0.25, 0.3) is 0 Å².